The fourth-order valence-electron chi connectivity index (χ4n) is 0.638. The lowest BCUT2D eigenvalue weighted by atomic mass is 10.2. The van der Waals surface area contributed by atoms with E-state index in [1.807, 2.05) is 0 Å². The van der Waals surface area contributed by atoms with Crippen LogP contribution in [-0.4, -0.2) is 40.0 Å². The molecule has 0 bridgehead atoms. The molecule has 0 saturated carbocycles. The summed E-state index contributed by atoms with van der Waals surface area (Å²) in [6.45, 7) is -0.445. The number of nitrogens with zero attached hydrogens (tertiary/aromatic N) is 2. The molecule has 2 N–H and O–H groups in total. The lowest BCUT2D eigenvalue weighted by Gasteiger charge is -1.93. The summed E-state index contributed by atoms with van der Waals surface area (Å²) in [5, 5.41) is 17.4. The Hall–Kier alpha value is -0.650. The Morgan fingerprint density at radius 2 is 1.50 bits per heavy atom. The fraction of sp³-hybridized carbons (Fsp3) is 0.400. The van der Waals surface area contributed by atoms with Crippen molar-refractivity contribution in [3.63, 3.8) is 0 Å². The first kappa shape index (κ1) is 7.46. The van der Waals surface area contributed by atoms with Gasteiger partial charge in [0.15, 0.2) is 0 Å². The Morgan fingerprint density at radius 3 is 1.80 bits per heavy atom. The molecule has 54 valence electrons. The SMILES string of the molecule is OCC1=NC(=S)N=C1CO. The molecule has 10 heavy (non-hydrogen) atoms. The third kappa shape index (κ3) is 1.26. The second-order valence-electron chi connectivity index (χ2n) is 1.72. The quantitative estimate of drug-likeness (QED) is 0.514. The standard InChI is InChI=1S/C5H6N2O2S/c8-1-3-4(2-9)7-5(10)6-3/h8-9H,1-2H2. The van der Waals surface area contributed by atoms with E-state index in [2.05, 4.69) is 22.2 Å². The summed E-state index contributed by atoms with van der Waals surface area (Å²) in [6, 6.07) is 0. The molecular weight excluding hydrogens is 152 g/mol. The van der Waals surface area contributed by atoms with Gasteiger partial charge in [0.05, 0.1) is 24.6 Å². The molecule has 0 aliphatic carbocycles. The number of thiocarbonyl (C=S) groups is 1. The highest BCUT2D eigenvalue weighted by atomic mass is 32.1. The lowest BCUT2D eigenvalue weighted by Crippen LogP contribution is -2.18. The van der Waals surface area contributed by atoms with E-state index in [0.29, 0.717) is 11.4 Å². The molecule has 1 heterocycles. The minimum atomic E-state index is -0.223. The molecule has 0 aromatic heterocycles. The zero-order chi connectivity index (χ0) is 7.56. The van der Waals surface area contributed by atoms with Crippen LogP contribution in [0.15, 0.2) is 9.98 Å². The zero-order valence-electron chi connectivity index (χ0n) is 5.11. The van der Waals surface area contributed by atoms with Crippen molar-refractivity contribution >= 4 is 28.8 Å². The van der Waals surface area contributed by atoms with E-state index in [0.717, 1.165) is 0 Å². The van der Waals surface area contributed by atoms with Gasteiger partial charge >= 0.3 is 0 Å². The van der Waals surface area contributed by atoms with Gasteiger partial charge in [0, 0.05) is 0 Å². The number of aliphatic hydroxyl groups is 2. The van der Waals surface area contributed by atoms with Crippen molar-refractivity contribution in [1.82, 2.24) is 0 Å². The second kappa shape index (κ2) is 2.96. The van der Waals surface area contributed by atoms with Gasteiger partial charge in [-0.25, -0.2) is 9.98 Å². The predicted molar refractivity (Wildman–Crippen MR) is 41.6 cm³/mol. The first-order valence-corrected chi connectivity index (χ1v) is 3.10. The molecule has 0 aromatic carbocycles. The largest absolute Gasteiger partial charge is 0.390 e. The highest BCUT2D eigenvalue weighted by Crippen LogP contribution is 1.98. The summed E-state index contributed by atoms with van der Waals surface area (Å²) < 4.78 is 0. The molecule has 0 saturated heterocycles. The smallest absolute Gasteiger partial charge is 0.219 e. The van der Waals surface area contributed by atoms with Gasteiger partial charge in [-0.1, -0.05) is 0 Å². The zero-order valence-corrected chi connectivity index (χ0v) is 5.93. The average molecular weight is 158 g/mol. The van der Waals surface area contributed by atoms with Crippen LogP contribution in [0.1, 0.15) is 0 Å². The number of hydrogen-bond acceptors (Lipinski definition) is 3. The van der Waals surface area contributed by atoms with Crippen molar-refractivity contribution in [3.05, 3.63) is 0 Å². The monoisotopic (exact) mass is 158 g/mol. The van der Waals surface area contributed by atoms with Crippen molar-refractivity contribution in [2.24, 2.45) is 9.98 Å². The topological polar surface area (TPSA) is 65.2 Å². The van der Waals surface area contributed by atoms with Crippen LogP contribution in [0.25, 0.3) is 0 Å². The van der Waals surface area contributed by atoms with Crippen molar-refractivity contribution in [1.29, 1.82) is 0 Å². The maximum absolute atomic E-state index is 8.60. The summed E-state index contributed by atoms with van der Waals surface area (Å²) in [4.78, 5) is 7.39. The number of aliphatic imine (C=N–C) groups is 2. The maximum Gasteiger partial charge on any atom is 0.219 e. The number of aliphatic hydroxyl groups excluding tert-OH is 2. The number of rotatable bonds is 2. The summed E-state index contributed by atoms with van der Waals surface area (Å²) in [7, 11) is 0. The highest BCUT2D eigenvalue weighted by molar-refractivity contribution is 7.80. The van der Waals surface area contributed by atoms with E-state index in [1.165, 1.54) is 0 Å². The first-order chi connectivity index (χ1) is 4.77. The van der Waals surface area contributed by atoms with Crippen LogP contribution in [0.5, 0.6) is 0 Å². The van der Waals surface area contributed by atoms with Gasteiger partial charge in [0.2, 0.25) is 5.11 Å². The normalized spacial score (nSPS) is 17.2. The molecule has 0 spiro atoms. The van der Waals surface area contributed by atoms with Crippen LogP contribution in [0.3, 0.4) is 0 Å². The molecule has 1 aliphatic rings. The van der Waals surface area contributed by atoms with Gasteiger partial charge < -0.3 is 10.2 Å². The molecule has 1 aliphatic heterocycles. The van der Waals surface area contributed by atoms with E-state index < -0.39 is 0 Å². The van der Waals surface area contributed by atoms with Gasteiger partial charge in [-0.3, -0.25) is 0 Å². The Labute approximate surface area is 62.9 Å². The fourth-order valence-corrected chi connectivity index (χ4v) is 0.859. The van der Waals surface area contributed by atoms with Gasteiger partial charge in [-0.05, 0) is 12.2 Å². The Morgan fingerprint density at radius 1 is 1.10 bits per heavy atom. The minimum Gasteiger partial charge on any atom is -0.390 e. The molecule has 0 fully saturated rings. The van der Waals surface area contributed by atoms with Crippen LogP contribution in [0.2, 0.25) is 0 Å². The third-order valence-corrected chi connectivity index (χ3v) is 1.28. The molecule has 0 aromatic rings. The summed E-state index contributed by atoms with van der Waals surface area (Å²) in [5.74, 6) is 0. The lowest BCUT2D eigenvalue weighted by molar-refractivity contribution is 0.350. The third-order valence-electron chi connectivity index (χ3n) is 1.09. The molecule has 0 atom stereocenters. The van der Waals surface area contributed by atoms with Crippen LogP contribution in [0.4, 0.5) is 0 Å². The van der Waals surface area contributed by atoms with Crippen molar-refractivity contribution in [3.8, 4) is 0 Å². The van der Waals surface area contributed by atoms with Crippen molar-refractivity contribution in [2.75, 3.05) is 13.2 Å². The summed E-state index contributed by atoms with van der Waals surface area (Å²) in [5.41, 5.74) is 0.736. The molecular formula is C5H6N2O2S. The van der Waals surface area contributed by atoms with Crippen LogP contribution in [0, 0.1) is 0 Å². The Balaban J connectivity index is 2.83. The molecule has 1 rings (SSSR count). The van der Waals surface area contributed by atoms with Gasteiger partial charge in [0.25, 0.3) is 0 Å². The van der Waals surface area contributed by atoms with E-state index >= 15 is 0 Å². The Kier molecular flexibility index (Phi) is 2.21. The van der Waals surface area contributed by atoms with Crippen LogP contribution in [-0.2, 0) is 0 Å². The summed E-state index contributed by atoms with van der Waals surface area (Å²) in [6.07, 6.45) is 0. The molecule has 0 amide bonds. The first-order valence-electron chi connectivity index (χ1n) is 2.69. The van der Waals surface area contributed by atoms with Gasteiger partial charge in [-0.15, -0.1) is 0 Å². The number of hydrogen-bond donors (Lipinski definition) is 2. The highest BCUT2D eigenvalue weighted by Gasteiger charge is 2.14. The van der Waals surface area contributed by atoms with E-state index in [-0.39, 0.29) is 18.3 Å². The van der Waals surface area contributed by atoms with Crippen LogP contribution >= 0.6 is 12.2 Å². The van der Waals surface area contributed by atoms with Gasteiger partial charge in [-0.2, -0.15) is 0 Å². The average Bonchev–Trinajstić information content (AvgIpc) is 2.30. The predicted octanol–water partition coefficient (Wildman–Crippen LogP) is -0.849. The van der Waals surface area contributed by atoms with Gasteiger partial charge in [0.1, 0.15) is 0 Å². The molecule has 0 unspecified atom stereocenters. The summed E-state index contributed by atoms with van der Waals surface area (Å²) >= 11 is 4.61. The Bertz CT molecular complexity index is 200. The second-order valence-corrected chi connectivity index (χ2v) is 2.08. The maximum atomic E-state index is 8.60. The molecule has 0 radical (unpaired) electrons. The van der Waals surface area contributed by atoms with Crippen molar-refractivity contribution in [2.45, 2.75) is 0 Å². The van der Waals surface area contributed by atoms with E-state index in [1.54, 1.807) is 0 Å². The molecule has 5 heteroatoms. The van der Waals surface area contributed by atoms with E-state index in [4.69, 9.17) is 10.2 Å². The van der Waals surface area contributed by atoms with Crippen LogP contribution < -0.4 is 0 Å². The molecule has 4 nitrogen and oxygen atoms in total. The van der Waals surface area contributed by atoms with E-state index in [9.17, 15) is 0 Å². The van der Waals surface area contributed by atoms with Crippen molar-refractivity contribution < 1.29 is 10.2 Å². The minimum absolute atomic E-state index is 0.174.